The quantitative estimate of drug-likeness (QED) is 0.781. The Morgan fingerprint density at radius 2 is 2.26 bits per heavy atom. The van der Waals surface area contributed by atoms with Crippen molar-refractivity contribution < 1.29 is 0 Å². The molecule has 1 spiro atoms. The fourth-order valence-electron chi connectivity index (χ4n) is 5.22. The first-order chi connectivity index (χ1) is 9.21. The summed E-state index contributed by atoms with van der Waals surface area (Å²) in [5.41, 5.74) is 5.04. The summed E-state index contributed by atoms with van der Waals surface area (Å²) >= 11 is 0. The van der Waals surface area contributed by atoms with Gasteiger partial charge < -0.3 is 0 Å². The molecule has 3 atom stereocenters. The first kappa shape index (κ1) is 10.4. The van der Waals surface area contributed by atoms with Crippen LogP contribution in [0.3, 0.4) is 0 Å². The van der Waals surface area contributed by atoms with Gasteiger partial charge in [0, 0.05) is 6.20 Å². The zero-order valence-corrected chi connectivity index (χ0v) is 11.4. The molecular formula is C16H19N3. The normalized spacial score (nSPS) is 39.5. The van der Waals surface area contributed by atoms with Gasteiger partial charge >= 0.3 is 0 Å². The number of hydrogen-bond acceptors (Lipinski definition) is 2. The van der Waals surface area contributed by atoms with Crippen LogP contribution in [0.2, 0.25) is 0 Å². The van der Waals surface area contributed by atoms with Crippen LogP contribution < -0.4 is 0 Å². The number of aromatic nitrogens is 3. The topological polar surface area (TPSA) is 30.2 Å². The molecule has 0 N–H and O–H groups in total. The smallest absolute Gasteiger partial charge is 0.136 e. The van der Waals surface area contributed by atoms with E-state index >= 15 is 0 Å². The maximum atomic E-state index is 4.37. The van der Waals surface area contributed by atoms with E-state index in [-0.39, 0.29) is 0 Å². The molecule has 5 rings (SSSR count). The third-order valence-electron chi connectivity index (χ3n) is 6.23. The SMILES string of the molecule is Cc1ncnn2cc(C34CCCC5(CC5C3)C4)cc12. The summed E-state index contributed by atoms with van der Waals surface area (Å²) in [5.74, 6) is 1.03. The van der Waals surface area contributed by atoms with Crippen molar-refractivity contribution in [2.45, 2.75) is 50.9 Å². The standard InChI is InChI=1S/C16H19N3/c1-11-14-5-12(8-19(14)18-10-17-11)15-3-2-4-16(9-15)7-13(16)6-15/h5,8,10,13H,2-4,6-7,9H2,1H3. The molecule has 0 saturated heterocycles. The van der Waals surface area contributed by atoms with Gasteiger partial charge in [0.05, 0.1) is 11.2 Å². The van der Waals surface area contributed by atoms with Crippen LogP contribution in [0.25, 0.3) is 5.52 Å². The minimum absolute atomic E-state index is 0.474. The fourth-order valence-corrected chi connectivity index (χ4v) is 5.22. The molecule has 0 aliphatic heterocycles. The molecule has 0 aromatic carbocycles. The lowest BCUT2D eigenvalue weighted by Crippen LogP contribution is -2.28. The summed E-state index contributed by atoms with van der Waals surface area (Å²) in [6, 6.07) is 2.36. The molecular weight excluding hydrogens is 234 g/mol. The highest BCUT2D eigenvalue weighted by atomic mass is 15.2. The van der Waals surface area contributed by atoms with Crippen LogP contribution in [0.4, 0.5) is 0 Å². The second-order valence-corrected chi connectivity index (χ2v) is 7.18. The maximum absolute atomic E-state index is 4.37. The molecule has 3 fully saturated rings. The van der Waals surface area contributed by atoms with Gasteiger partial charge in [-0.3, -0.25) is 0 Å². The van der Waals surface area contributed by atoms with Gasteiger partial charge in [-0.15, -0.1) is 0 Å². The number of hydrogen-bond donors (Lipinski definition) is 0. The van der Waals surface area contributed by atoms with Gasteiger partial charge in [0.25, 0.3) is 0 Å². The molecule has 3 saturated carbocycles. The molecule has 2 bridgehead atoms. The number of rotatable bonds is 1. The summed E-state index contributed by atoms with van der Waals surface area (Å²) in [4.78, 5) is 4.32. The lowest BCUT2D eigenvalue weighted by atomic mass is 9.68. The summed E-state index contributed by atoms with van der Waals surface area (Å²) in [6.45, 7) is 2.08. The minimum Gasteiger partial charge on any atom is -0.238 e. The molecule has 2 aromatic rings. The average molecular weight is 253 g/mol. The fraction of sp³-hybridized carbons (Fsp3) is 0.625. The molecule has 19 heavy (non-hydrogen) atoms. The highest BCUT2D eigenvalue weighted by Gasteiger charge is 2.66. The van der Waals surface area contributed by atoms with Gasteiger partial charge in [0.2, 0.25) is 0 Å². The van der Waals surface area contributed by atoms with Crippen LogP contribution in [0.15, 0.2) is 18.6 Å². The van der Waals surface area contributed by atoms with Crippen molar-refractivity contribution in [3.63, 3.8) is 0 Å². The summed E-state index contributed by atoms with van der Waals surface area (Å²) in [6.07, 6.45) is 12.6. The average Bonchev–Trinajstić information content (AvgIpc) is 2.80. The predicted octanol–water partition coefficient (Wildman–Crippen LogP) is 3.26. The monoisotopic (exact) mass is 253 g/mol. The van der Waals surface area contributed by atoms with Crippen LogP contribution in [0.1, 0.15) is 49.8 Å². The molecule has 0 radical (unpaired) electrons. The van der Waals surface area contributed by atoms with Crippen molar-refractivity contribution >= 4 is 5.52 Å². The maximum Gasteiger partial charge on any atom is 0.136 e. The Labute approximate surface area is 113 Å². The lowest BCUT2D eigenvalue weighted by Gasteiger charge is -2.36. The van der Waals surface area contributed by atoms with Crippen molar-refractivity contribution in [1.82, 2.24) is 14.6 Å². The van der Waals surface area contributed by atoms with E-state index in [2.05, 4.69) is 29.3 Å². The molecule has 3 aliphatic rings. The van der Waals surface area contributed by atoms with Gasteiger partial charge in [-0.25, -0.2) is 9.50 Å². The van der Waals surface area contributed by atoms with E-state index in [0.29, 0.717) is 5.41 Å². The third-order valence-corrected chi connectivity index (χ3v) is 6.23. The van der Waals surface area contributed by atoms with E-state index in [1.54, 1.807) is 6.33 Å². The zero-order valence-electron chi connectivity index (χ0n) is 11.4. The summed E-state index contributed by atoms with van der Waals surface area (Å²) in [5, 5.41) is 4.37. The van der Waals surface area contributed by atoms with Gasteiger partial charge in [0.15, 0.2) is 0 Å². The Morgan fingerprint density at radius 1 is 1.32 bits per heavy atom. The second kappa shape index (κ2) is 3.02. The van der Waals surface area contributed by atoms with Crippen LogP contribution >= 0.6 is 0 Å². The Hall–Kier alpha value is -1.38. The highest BCUT2D eigenvalue weighted by molar-refractivity contribution is 5.55. The predicted molar refractivity (Wildman–Crippen MR) is 73.0 cm³/mol. The van der Waals surface area contributed by atoms with Crippen LogP contribution in [-0.4, -0.2) is 14.6 Å². The molecule has 3 heteroatoms. The van der Waals surface area contributed by atoms with Crippen molar-refractivity contribution in [2.24, 2.45) is 11.3 Å². The van der Waals surface area contributed by atoms with Crippen molar-refractivity contribution in [3.05, 3.63) is 29.8 Å². The number of aryl methyl sites for hydroxylation is 1. The second-order valence-electron chi connectivity index (χ2n) is 7.18. The van der Waals surface area contributed by atoms with E-state index in [1.807, 2.05) is 4.52 Å². The molecule has 3 unspecified atom stereocenters. The lowest BCUT2D eigenvalue weighted by molar-refractivity contribution is 0.252. The molecule has 2 heterocycles. The van der Waals surface area contributed by atoms with E-state index in [4.69, 9.17) is 0 Å². The summed E-state index contributed by atoms with van der Waals surface area (Å²) < 4.78 is 2.03. The van der Waals surface area contributed by atoms with Crippen LogP contribution in [0, 0.1) is 18.3 Å². The number of nitrogens with zero attached hydrogens (tertiary/aromatic N) is 3. The third kappa shape index (κ3) is 1.19. The first-order valence-electron chi connectivity index (χ1n) is 7.51. The van der Waals surface area contributed by atoms with Crippen molar-refractivity contribution in [1.29, 1.82) is 0 Å². The Balaban J connectivity index is 1.66. The van der Waals surface area contributed by atoms with Crippen molar-refractivity contribution in [3.8, 4) is 0 Å². The van der Waals surface area contributed by atoms with Crippen LogP contribution in [0.5, 0.6) is 0 Å². The van der Waals surface area contributed by atoms with Crippen molar-refractivity contribution in [2.75, 3.05) is 0 Å². The number of fused-ring (bicyclic) bond motifs is 2. The largest absolute Gasteiger partial charge is 0.238 e. The highest BCUT2D eigenvalue weighted by Crippen LogP contribution is 2.75. The van der Waals surface area contributed by atoms with Gasteiger partial charge in [-0.05, 0) is 67.4 Å². The van der Waals surface area contributed by atoms with Gasteiger partial charge in [0.1, 0.15) is 6.33 Å². The molecule has 98 valence electrons. The Kier molecular flexibility index (Phi) is 1.66. The van der Waals surface area contributed by atoms with E-state index in [1.165, 1.54) is 49.6 Å². The molecule has 2 aromatic heterocycles. The van der Waals surface area contributed by atoms with Crippen LogP contribution in [-0.2, 0) is 5.41 Å². The van der Waals surface area contributed by atoms with E-state index < -0.39 is 0 Å². The summed E-state index contributed by atoms with van der Waals surface area (Å²) in [7, 11) is 0. The molecule has 3 aliphatic carbocycles. The van der Waals surface area contributed by atoms with E-state index in [0.717, 1.165) is 17.0 Å². The Bertz CT molecular complexity index is 688. The van der Waals surface area contributed by atoms with Gasteiger partial charge in [-0.2, -0.15) is 5.10 Å². The van der Waals surface area contributed by atoms with Gasteiger partial charge in [-0.1, -0.05) is 6.42 Å². The van der Waals surface area contributed by atoms with E-state index in [9.17, 15) is 0 Å². The minimum atomic E-state index is 0.474. The zero-order chi connectivity index (χ0) is 12.7. The first-order valence-corrected chi connectivity index (χ1v) is 7.51. The molecule has 0 amide bonds. The molecule has 3 nitrogen and oxygen atoms in total. The Morgan fingerprint density at radius 3 is 3.16 bits per heavy atom.